The smallest absolute Gasteiger partial charge is 0.238 e. The lowest BCUT2D eigenvalue weighted by molar-refractivity contribution is -0.119. The summed E-state index contributed by atoms with van der Waals surface area (Å²) in [5.41, 5.74) is 1.64. The Hall–Kier alpha value is -2.28. The number of benzene rings is 2. The second-order valence-corrected chi connectivity index (χ2v) is 6.70. The van der Waals surface area contributed by atoms with E-state index in [-0.39, 0.29) is 18.6 Å². The Morgan fingerprint density at radius 2 is 2.00 bits per heavy atom. The van der Waals surface area contributed by atoms with Crippen LogP contribution in [0.5, 0.6) is 11.5 Å². The number of carbonyl (C=O) groups is 1. The van der Waals surface area contributed by atoms with Crippen molar-refractivity contribution in [2.45, 2.75) is 6.10 Å². The minimum atomic E-state index is -0.113. The van der Waals surface area contributed by atoms with E-state index in [4.69, 9.17) is 25.8 Å². The molecular formula is C20H23ClN2O4. The maximum absolute atomic E-state index is 12.5. The zero-order valence-corrected chi connectivity index (χ0v) is 16.2. The molecule has 27 heavy (non-hydrogen) atoms. The monoisotopic (exact) mass is 390 g/mol. The number of amides is 1. The first kappa shape index (κ1) is 19.5. The molecule has 0 spiro atoms. The third-order valence-corrected chi connectivity index (χ3v) is 4.69. The van der Waals surface area contributed by atoms with Crippen molar-refractivity contribution in [2.24, 2.45) is 0 Å². The number of nitrogens with one attached hydrogen (secondary N) is 1. The van der Waals surface area contributed by atoms with Gasteiger partial charge < -0.3 is 19.5 Å². The third-order valence-electron chi connectivity index (χ3n) is 4.44. The van der Waals surface area contributed by atoms with E-state index >= 15 is 0 Å². The highest BCUT2D eigenvalue weighted by molar-refractivity contribution is 6.30. The summed E-state index contributed by atoms with van der Waals surface area (Å²) in [5, 5.41) is 3.59. The van der Waals surface area contributed by atoms with E-state index in [0.29, 0.717) is 41.9 Å². The first-order chi connectivity index (χ1) is 13.1. The van der Waals surface area contributed by atoms with Crippen LogP contribution < -0.4 is 14.8 Å². The van der Waals surface area contributed by atoms with Gasteiger partial charge in [0.15, 0.2) is 0 Å². The highest BCUT2D eigenvalue weighted by atomic mass is 35.5. The Morgan fingerprint density at radius 3 is 2.70 bits per heavy atom. The van der Waals surface area contributed by atoms with Gasteiger partial charge in [0.1, 0.15) is 11.5 Å². The van der Waals surface area contributed by atoms with Gasteiger partial charge in [0.05, 0.1) is 39.2 Å². The number of carbonyl (C=O) groups excluding carboxylic acids is 1. The number of hydrogen-bond acceptors (Lipinski definition) is 5. The summed E-state index contributed by atoms with van der Waals surface area (Å²) >= 11 is 5.95. The molecule has 7 heteroatoms. The molecule has 1 unspecified atom stereocenters. The van der Waals surface area contributed by atoms with E-state index in [1.54, 1.807) is 32.4 Å². The molecule has 1 fully saturated rings. The first-order valence-corrected chi connectivity index (χ1v) is 9.08. The van der Waals surface area contributed by atoms with Crippen LogP contribution in [0.15, 0.2) is 42.5 Å². The molecule has 1 N–H and O–H groups in total. The highest BCUT2D eigenvalue weighted by Crippen LogP contribution is 2.29. The Bertz CT molecular complexity index is 782. The van der Waals surface area contributed by atoms with Gasteiger partial charge in [-0.05, 0) is 29.8 Å². The van der Waals surface area contributed by atoms with E-state index < -0.39 is 0 Å². The van der Waals surface area contributed by atoms with Crippen LogP contribution in [0, 0.1) is 0 Å². The van der Waals surface area contributed by atoms with Crippen molar-refractivity contribution in [3.8, 4) is 11.5 Å². The molecular weight excluding hydrogens is 368 g/mol. The van der Waals surface area contributed by atoms with E-state index in [2.05, 4.69) is 10.2 Å². The van der Waals surface area contributed by atoms with Crippen molar-refractivity contribution in [3.05, 3.63) is 53.1 Å². The summed E-state index contributed by atoms with van der Waals surface area (Å²) in [7, 11) is 3.15. The van der Waals surface area contributed by atoms with Gasteiger partial charge in [-0.3, -0.25) is 9.69 Å². The predicted octanol–water partition coefficient (Wildman–Crippen LogP) is 3.37. The zero-order chi connectivity index (χ0) is 19.2. The largest absolute Gasteiger partial charge is 0.497 e. The predicted molar refractivity (Wildman–Crippen MR) is 105 cm³/mol. The maximum Gasteiger partial charge on any atom is 0.238 e. The summed E-state index contributed by atoms with van der Waals surface area (Å²) in [6.07, 6.45) is -0.0739. The minimum absolute atomic E-state index is 0.0739. The third kappa shape index (κ3) is 5.13. The lowest BCUT2D eigenvalue weighted by atomic mass is 10.1. The van der Waals surface area contributed by atoms with Gasteiger partial charge in [0.2, 0.25) is 5.91 Å². The van der Waals surface area contributed by atoms with E-state index in [9.17, 15) is 4.79 Å². The van der Waals surface area contributed by atoms with Crippen molar-refractivity contribution < 1.29 is 19.0 Å². The molecule has 1 heterocycles. The number of anilines is 1. The molecule has 1 aliphatic rings. The molecule has 1 amide bonds. The van der Waals surface area contributed by atoms with Crippen LogP contribution in [-0.4, -0.2) is 51.3 Å². The van der Waals surface area contributed by atoms with E-state index in [0.717, 1.165) is 5.56 Å². The van der Waals surface area contributed by atoms with Crippen LogP contribution >= 0.6 is 11.6 Å². The van der Waals surface area contributed by atoms with Crippen molar-refractivity contribution >= 4 is 23.2 Å². The van der Waals surface area contributed by atoms with Crippen molar-refractivity contribution in [1.82, 2.24) is 4.90 Å². The number of halogens is 1. The molecule has 1 aliphatic heterocycles. The summed E-state index contributed by atoms with van der Waals surface area (Å²) in [6.45, 7) is 2.19. The lowest BCUT2D eigenvalue weighted by Gasteiger charge is -2.32. The quantitative estimate of drug-likeness (QED) is 0.819. The number of morpholine rings is 1. The number of rotatable bonds is 6. The second kappa shape index (κ2) is 9.08. The van der Waals surface area contributed by atoms with Crippen LogP contribution in [0.1, 0.15) is 11.7 Å². The van der Waals surface area contributed by atoms with Gasteiger partial charge in [-0.1, -0.05) is 23.7 Å². The molecule has 1 saturated heterocycles. The van der Waals surface area contributed by atoms with Crippen molar-refractivity contribution in [1.29, 1.82) is 0 Å². The number of nitrogens with zero attached hydrogens (tertiary/aromatic N) is 1. The Labute approximate surface area is 164 Å². The number of hydrogen-bond donors (Lipinski definition) is 1. The summed E-state index contributed by atoms with van der Waals surface area (Å²) in [6, 6.07) is 12.9. The second-order valence-electron chi connectivity index (χ2n) is 6.26. The fourth-order valence-electron chi connectivity index (χ4n) is 3.03. The molecule has 1 atom stereocenters. The van der Waals surface area contributed by atoms with Crippen LogP contribution in [0.25, 0.3) is 0 Å². The van der Waals surface area contributed by atoms with E-state index in [1.807, 2.05) is 24.3 Å². The van der Waals surface area contributed by atoms with Crippen molar-refractivity contribution in [2.75, 3.05) is 45.8 Å². The number of methoxy groups -OCH3 is 2. The molecule has 0 aliphatic carbocycles. The Balaban J connectivity index is 1.61. The first-order valence-electron chi connectivity index (χ1n) is 8.70. The molecule has 0 aromatic heterocycles. The van der Waals surface area contributed by atoms with Crippen LogP contribution in [0.4, 0.5) is 5.69 Å². The summed E-state index contributed by atoms with van der Waals surface area (Å²) < 4.78 is 16.4. The number of ether oxygens (including phenoxy) is 3. The average Bonchev–Trinajstić information content (AvgIpc) is 2.68. The normalized spacial score (nSPS) is 17.4. The lowest BCUT2D eigenvalue weighted by Crippen LogP contribution is -2.42. The Kier molecular flexibility index (Phi) is 6.55. The highest BCUT2D eigenvalue weighted by Gasteiger charge is 2.23. The van der Waals surface area contributed by atoms with Gasteiger partial charge >= 0.3 is 0 Å². The van der Waals surface area contributed by atoms with Crippen LogP contribution in [0.3, 0.4) is 0 Å². The maximum atomic E-state index is 12.5. The van der Waals surface area contributed by atoms with Crippen molar-refractivity contribution in [3.63, 3.8) is 0 Å². The average molecular weight is 391 g/mol. The molecule has 6 nitrogen and oxygen atoms in total. The minimum Gasteiger partial charge on any atom is -0.497 e. The summed E-state index contributed by atoms with van der Waals surface area (Å²) in [5.74, 6) is 1.13. The molecule has 0 radical (unpaired) electrons. The molecule has 144 valence electrons. The van der Waals surface area contributed by atoms with Gasteiger partial charge in [-0.2, -0.15) is 0 Å². The standard InChI is InChI=1S/C20H23ClN2O4/c1-25-16-7-8-18(26-2)17(11-16)22-20(24)13-23-9-10-27-19(12-23)14-3-5-15(21)6-4-14/h3-8,11,19H,9-10,12-13H2,1-2H3,(H,22,24). The molecule has 0 saturated carbocycles. The van der Waals surface area contributed by atoms with E-state index in [1.165, 1.54) is 0 Å². The molecule has 3 rings (SSSR count). The van der Waals surface area contributed by atoms with Crippen LogP contribution in [-0.2, 0) is 9.53 Å². The Morgan fingerprint density at radius 1 is 1.22 bits per heavy atom. The van der Waals surface area contributed by atoms with Gasteiger partial charge in [-0.15, -0.1) is 0 Å². The van der Waals surface area contributed by atoms with Crippen LogP contribution in [0.2, 0.25) is 5.02 Å². The summed E-state index contributed by atoms with van der Waals surface area (Å²) in [4.78, 5) is 14.6. The van der Waals surface area contributed by atoms with Gasteiger partial charge in [0, 0.05) is 24.2 Å². The van der Waals surface area contributed by atoms with Gasteiger partial charge in [-0.25, -0.2) is 0 Å². The fourth-order valence-corrected chi connectivity index (χ4v) is 3.16. The zero-order valence-electron chi connectivity index (χ0n) is 15.4. The molecule has 2 aromatic rings. The molecule has 2 aromatic carbocycles. The topological polar surface area (TPSA) is 60.0 Å². The molecule has 0 bridgehead atoms. The SMILES string of the molecule is COc1ccc(OC)c(NC(=O)CN2CCOC(c3ccc(Cl)cc3)C2)c1. The fraction of sp³-hybridized carbons (Fsp3) is 0.350. The van der Waals surface area contributed by atoms with Gasteiger partial charge in [0.25, 0.3) is 0 Å².